The second-order valence-corrected chi connectivity index (χ2v) is 8.36. The van der Waals surface area contributed by atoms with Crippen LogP contribution < -0.4 is 10.1 Å². The molecule has 0 unspecified atom stereocenters. The Morgan fingerprint density at radius 2 is 2.11 bits per heavy atom. The fourth-order valence-electron chi connectivity index (χ4n) is 2.35. The van der Waals surface area contributed by atoms with Crippen molar-refractivity contribution in [3.05, 3.63) is 39.6 Å². The third-order valence-electron chi connectivity index (χ3n) is 3.66. The van der Waals surface area contributed by atoms with Gasteiger partial charge in [-0.3, -0.25) is 10.1 Å². The Morgan fingerprint density at radius 3 is 2.82 bits per heavy atom. The molecule has 0 fully saturated rings. The molecule has 0 saturated carbocycles. The summed E-state index contributed by atoms with van der Waals surface area (Å²) in [5.41, 5.74) is 1.06. The smallest absolute Gasteiger partial charge is 0.236 e. The molecule has 3 aromatic rings. The number of carbonyl (C=O) groups is 1. The van der Waals surface area contributed by atoms with Gasteiger partial charge in [0, 0.05) is 6.54 Å². The lowest BCUT2D eigenvalue weighted by atomic mass is 10.2. The standard InChI is InChI=1S/C17H19ClN6O2S2/c1-4-24-14(8-26-13-7-10(2)5-6-12(13)18)21-23-17(24)27-9-15(25)19-16-22-20-11(3)28-16/h5-7H,4,8-9H2,1-3H3,(H,19,22,25). The molecule has 0 bridgehead atoms. The second-order valence-electron chi connectivity index (χ2n) is 5.83. The molecule has 2 aromatic heterocycles. The molecule has 1 aromatic carbocycles. The summed E-state index contributed by atoms with van der Waals surface area (Å²) in [6.45, 7) is 6.69. The molecule has 1 N–H and O–H groups in total. The van der Waals surface area contributed by atoms with Gasteiger partial charge in [-0.2, -0.15) is 0 Å². The van der Waals surface area contributed by atoms with Crippen LogP contribution in [0.15, 0.2) is 23.4 Å². The molecule has 0 aliphatic carbocycles. The minimum Gasteiger partial charge on any atom is -0.484 e. The highest BCUT2D eigenvalue weighted by Crippen LogP contribution is 2.26. The number of thioether (sulfide) groups is 1. The third-order valence-corrected chi connectivity index (χ3v) is 5.69. The van der Waals surface area contributed by atoms with Gasteiger partial charge in [0.15, 0.2) is 11.0 Å². The molecular formula is C17H19ClN6O2S2. The van der Waals surface area contributed by atoms with Crippen LogP contribution in [-0.4, -0.2) is 36.6 Å². The number of rotatable bonds is 8. The average Bonchev–Trinajstić information content (AvgIpc) is 3.26. The van der Waals surface area contributed by atoms with E-state index in [1.54, 1.807) is 6.07 Å². The number of benzene rings is 1. The number of ether oxygens (including phenoxy) is 1. The van der Waals surface area contributed by atoms with E-state index in [0.717, 1.165) is 10.6 Å². The van der Waals surface area contributed by atoms with Crippen molar-refractivity contribution in [2.75, 3.05) is 11.1 Å². The molecule has 8 nitrogen and oxygen atoms in total. The molecule has 0 spiro atoms. The SMILES string of the molecule is CCn1c(COc2cc(C)ccc2Cl)nnc1SCC(=O)Nc1nnc(C)s1. The third kappa shape index (κ3) is 5.21. The molecule has 28 heavy (non-hydrogen) atoms. The monoisotopic (exact) mass is 438 g/mol. The minimum atomic E-state index is -0.170. The highest BCUT2D eigenvalue weighted by Gasteiger charge is 2.15. The van der Waals surface area contributed by atoms with E-state index in [1.165, 1.54) is 23.1 Å². The van der Waals surface area contributed by atoms with Gasteiger partial charge in [-0.05, 0) is 38.5 Å². The molecule has 11 heteroatoms. The maximum absolute atomic E-state index is 12.1. The maximum atomic E-state index is 12.1. The number of amides is 1. The van der Waals surface area contributed by atoms with E-state index < -0.39 is 0 Å². The van der Waals surface area contributed by atoms with Crippen LogP contribution in [-0.2, 0) is 17.9 Å². The van der Waals surface area contributed by atoms with Gasteiger partial charge in [-0.15, -0.1) is 20.4 Å². The van der Waals surface area contributed by atoms with Crippen molar-refractivity contribution < 1.29 is 9.53 Å². The van der Waals surface area contributed by atoms with Gasteiger partial charge >= 0.3 is 0 Å². The Kier molecular flexibility index (Phi) is 6.87. The highest BCUT2D eigenvalue weighted by molar-refractivity contribution is 7.99. The van der Waals surface area contributed by atoms with E-state index >= 15 is 0 Å². The Balaban J connectivity index is 1.60. The lowest BCUT2D eigenvalue weighted by Gasteiger charge is -2.10. The normalized spacial score (nSPS) is 10.9. The molecule has 1 amide bonds. The Bertz CT molecular complexity index is 974. The molecule has 0 radical (unpaired) electrons. The summed E-state index contributed by atoms with van der Waals surface area (Å²) in [5, 5.41) is 21.3. The fraction of sp³-hybridized carbons (Fsp3) is 0.353. The predicted octanol–water partition coefficient (Wildman–Crippen LogP) is 3.73. The van der Waals surface area contributed by atoms with Crippen molar-refractivity contribution in [2.45, 2.75) is 39.1 Å². The number of aromatic nitrogens is 5. The molecule has 0 aliphatic heterocycles. The first-order valence-electron chi connectivity index (χ1n) is 8.50. The zero-order valence-corrected chi connectivity index (χ0v) is 18.0. The van der Waals surface area contributed by atoms with Crippen LogP contribution in [0.1, 0.15) is 23.3 Å². The van der Waals surface area contributed by atoms with Crippen LogP contribution in [0.5, 0.6) is 5.75 Å². The summed E-state index contributed by atoms with van der Waals surface area (Å²) < 4.78 is 7.72. The minimum absolute atomic E-state index is 0.170. The Labute approximate surface area is 175 Å². The van der Waals surface area contributed by atoms with Crippen molar-refractivity contribution in [1.29, 1.82) is 0 Å². The number of halogens is 1. The van der Waals surface area contributed by atoms with Crippen molar-refractivity contribution >= 4 is 45.7 Å². The van der Waals surface area contributed by atoms with Crippen LogP contribution in [0.3, 0.4) is 0 Å². The van der Waals surface area contributed by atoms with Gasteiger partial charge in [-0.25, -0.2) is 0 Å². The van der Waals surface area contributed by atoms with Gasteiger partial charge in [0.2, 0.25) is 11.0 Å². The van der Waals surface area contributed by atoms with Crippen LogP contribution in [0.2, 0.25) is 5.02 Å². The van der Waals surface area contributed by atoms with Gasteiger partial charge < -0.3 is 9.30 Å². The lowest BCUT2D eigenvalue weighted by Crippen LogP contribution is -2.14. The molecule has 0 atom stereocenters. The molecular weight excluding hydrogens is 420 g/mol. The number of hydrogen-bond acceptors (Lipinski definition) is 8. The summed E-state index contributed by atoms with van der Waals surface area (Å²) in [7, 11) is 0. The van der Waals surface area contributed by atoms with Crippen LogP contribution in [0, 0.1) is 13.8 Å². The van der Waals surface area contributed by atoms with E-state index in [1.807, 2.05) is 37.5 Å². The number of nitrogens with one attached hydrogen (secondary N) is 1. The molecule has 2 heterocycles. The van der Waals surface area contributed by atoms with Gasteiger partial charge in [0.1, 0.15) is 17.4 Å². The van der Waals surface area contributed by atoms with Crippen molar-refractivity contribution in [1.82, 2.24) is 25.0 Å². The lowest BCUT2D eigenvalue weighted by molar-refractivity contribution is -0.113. The topological polar surface area (TPSA) is 94.8 Å². The maximum Gasteiger partial charge on any atom is 0.236 e. The quantitative estimate of drug-likeness (QED) is 0.535. The number of nitrogens with zero attached hydrogens (tertiary/aromatic N) is 5. The summed E-state index contributed by atoms with van der Waals surface area (Å²) >= 11 is 8.81. The fourth-order valence-corrected chi connectivity index (χ4v) is 3.95. The van der Waals surface area contributed by atoms with Crippen LogP contribution >= 0.6 is 34.7 Å². The molecule has 0 saturated heterocycles. The van der Waals surface area contributed by atoms with Crippen molar-refractivity contribution in [3.63, 3.8) is 0 Å². The average molecular weight is 439 g/mol. The van der Waals surface area contributed by atoms with E-state index in [0.29, 0.717) is 33.4 Å². The zero-order valence-electron chi connectivity index (χ0n) is 15.6. The van der Waals surface area contributed by atoms with Crippen molar-refractivity contribution in [2.24, 2.45) is 0 Å². The van der Waals surface area contributed by atoms with E-state index in [-0.39, 0.29) is 18.3 Å². The second kappa shape index (κ2) is 9.35. The van der Waals surface area contributed by atoms with E-state index in [4.69, 9.17) is 16.3 Å². The summed E-state index contributed by atoms with van der Waals surface area (Å²) in [4.78, 5) is 12.1. The molecule has 148 valence electrons. The summed E-state index contributed by atoms with van der Waals surface area (Å²) in [6, 6.07) is 5.60. The summed E-state index contributed by atoms with van der Waals surface area (Å²) in [5.74, 6) is 1.30. The zero-order chi connectivity index (χ0) is 20.1. The number of hydrogen-bond donors (Lipinski definition) is 1. The number of aryl methyl sites for hydroxylation is 2. The largest absolute Gasteiger partial charge is 0.484 e. The summed E-state index contributed by atoms with van der Waals surface area (Å²) in [6.07, 6.45) is 0. The Hall–Kier alpha value is -2.17. The number of carbonyl (C=O) groups excluding carboxylic acids is 1. The first-order valence-corrected chi connectivity index (χ1v) is 10.7. The van der Waals surface area contributed by atoms with Gasteiger partial charge in [0.25, 0.3) is 0 Å². The van der Waals surface area contributed by atoms with Crippen LogP contribution in [0.4, 0.5) is 5.13 Å². The molecule has 0 aliphatic rings. The van der Waals surface area contributed by atoms with Crippen LogP contribution in [0.25, 0.3) is 0 Å². The van der Waals surface area contributed by atoms with E-state index in [9.17, 15) is 4.79 Å². The highest BCUT2D eigenvalue weighted by atomic mass is 35.5. The van der Waals surface area contributed by atoms with Gasteiger partial charge in [-0.1, -0.05) is 40.8 Å². The molecule has 3 rings (SSSR count). The number of anilines is 1. The van der Waals surface area contributed by atoms with Crippen molar-refractivity contribution in [3.8, 4) is 5.75 Å². The van der Waals surface area contributed by atoms with E-state index in [2.05, 4.69) is 25.7 Å². The Morgan fingerprint density at radius 1 is 1.29 bits per heavy atom. The predicted molar refractivity (Wildman–Crippen MR) is 110 cm³/mol. The van der Waals surface area contributed by atoms with Gasteiger partial charge in [0.05, 0.1) is 10.8 Å². The first kappa shape index (κ1) is 20.6. The first-order chi connectivity index (χ1) is 13.5.